The van der Waals surface area contributed by atoms with Crippen LogP contribution in [0.3, 0.4) is 0 Å². The van der Waals surface area contributed by atoms with Gasteiger partial charge in [0.1, 0.15) is 5.82 Å². The van der Waals surface area contributed by atoms with E-state index in [9.17, 15) is 8.42 Å². The molecule has 2 heterocycles. The van der Waals surface area contributed by atoms with E-state index in [1.54, 1.807) is 6.07 Å². The van der Waals surface area contributed by atoms with Gasteiger partial charge in [-0.3, -0.25) is 0 Å². The van der Waals surface area contributed by atoms with E-state index in [2.05, 4.69) is 19.8 Å². The number of nitrogens with one attached hydrogen (secondary N) is 2. The molecule has 2 aromatic heterocycles. The van der Waals surface area contributed by atoms with Crippen LogP contribution in [0.5, 0.6) is 0 Å². The zero-order valence-corrected chi connectivity index (χ0v) is 12.3. The Kier molecular flexibility index (Phi) is 4.56. The highest BCUT2D eigenvalue weighted by Crippen LogP contribution is 2.09. The molecule has 0 amide bonds. The fourth-order valence-corrected chi connectivity index (χ4v) is 2.65. The predicted octanol–water partition coefficient (Wildman–Crippen LogP) is 1.39. The second kappa shape index (κ2) is 6.19. The van der Waals surface area contributed by atoms with Crippen molar-refractivity contribution in [2.45, 2.75) is 44.7 Å². The summed E-state index contributed by atoms with van der Waals surface area (Å²) in [6.45, 7) is 4.01. The van der Waals surface area contributed by atoms with Crippen LogP contribution in [0.4, 0.5) is 0 Å². The Morgan fingerprint density at radius 1 is 1.40 bits per heavy atom. The maximum atomic E-state index is 12.0. The van der Waals surface area contributed by atoms with E-state index >= 15 is 0 Å². The molecule has 0 aliphatic heterocycles. The Labute approximate surface area is 117 Å². The highest BCUT2D eigenvalue weighted by atomic mass is 32.2. The molecule has 0 unspecified atom stereocenters. The lowest BCUT2D eigenvalue weighted by Crippen LogP contribution is -2.23. The fourth-order valence-electron chi connectivity index (χ4n) is 1.72. The summed E-state index contributed by atoms with van der Waals surface area (Å²) in [7, 11) is -3.61. The minimum Gasteiger partial charge on any atom is -0.360 e. The number of imidazole rings is 1. The Balaban J connectivity index is 2.01. The molecule has 0 fully saturated rings. The molecule has 0 bridgehead atoms. The van der Waals surface area contributed by atoms with E-state index in [0.717, 1.165) is 18.5 Å². The van der Waals surface area contributed by atoms with Crippen LogP contribution < -0.4 is 4.72 Å². The third-order valence-electron chi connectivity index (χ3n) is 2.78. The minimum absolute atomic E-state index is 0.0580. The van der Waals surface area contributed by atoms with Gasteiger partial charge in [0, 0.05) is 12.5 Å². The zero-order valence-electron chi connectivity index (χ0n) is 11.5. The summed E-state index contributed by atoms with van der Waals surface area (Å²) < 4.78 is 31.6. The van der Waals surface area contributed by atoms with E-state index in [4.69, 9.17) is 4.52 Å². The summed E-state index contributed by atoms with van der Waals surface area (Å²) in [5, 5.41) is 3.92. The maximum absolute atomic E-state index is 12.0. The Morgan fingerprint density at radius 3 is 2.85 bits per heavy atom. The van der Waals surface area contributed by atoms with Gasteiger partial charge in [-0.1, -0.05) is 25.4 Å². The van der Waals surface area contributed by atoms with Crippen LogP contribution in [0.2, 0.25) is 0 Å². The van der Waals surface area contributed by atoms with Gasteiger partial charge in [0.25, 0.3) is 10.0 Å². The molecule has 0 aliphatic carbocycles. The first-order valence-electron chi connectivity index (χ1n) is 6.53. The van der Waals surface area contributed by atoms with Crippen molar-refractivity contribution in [3.8, 4) is 0 Å². The highest BCUT2D eigenvalue weighted by Gasteiger charge is 2.17. The lowest BCUT2D eigenvalue weighted by atomic mass is 10.2. The Morgan fingerprint density at radius 2 is 2.20 bits per heavy atom. The number of H-pyrrole nitrogens is 1. The van der Waals surface area contributed by atoms with E-state index < -0.39 is 10.0 Å². The van der Waals surface area contributed by atoms with Gasteiger partial charge in [-0.15, -0.1) is 0 Å². The molecule has 0 saturated carbocycles. The maximum Gasteiger partial charge on any atom is 0.258 e. The normalized spacial score (nSPS) is 11.9. The summed E-state index contributed by atoms with van der Waals surface area (Å²) in [6.07, 6.45) is 3.74. The third kappa shape index (κ3) is 3.45. The number of sulfonamides is 1. The van der Waals surface area contributed by atoms with Crippen LogP contribution in [-0.2, 0) is 29.4 Å². The standard InChI is InChI=1S/C12H18N4O3S/c1-3-5-9-6-10(19-16-9)7-14-20(17,18)12-8-13-11(4-2)15-12/h6,8,14H,3-5,7H2,1-2H3,(H,13,15). The van der Waals surface area contributed by atoms with Gasteiger partial charge < -0.3 is 9.51 Å². The molecule has 2 rings (SSSR count). The monoisotopic (exact) mass is 298 g/mol. The van der Waals surface area contributed by atoms with Crippen molar-refractivity contribution in [1.82, 2.24) is 19.8 Å². The number of aromatic nitrogens is 3. The molecule has 0 radical (unpaired) electrons. The molecule has 0 spiro atoms. The molecule has 2 aromatic rings. The minimum atomic E-state index is -3.61. The van der Waals surface area contributed by atoms with Crippen molar-refractivity contribution in [3.63, 3.8) is 0 Å². The van der Waals surface area contributed by atoms with Gasteiger partial charge in [-0.05, 0) is 6.42 Å². The average Bonchev–Trinajstić information content (AvgIpc) is 3.06. The first kappa shape index (κ1) is 14.7. The van der Waals surface area contributed by atoms with Crippen LogP contribution in [0.25, 0.3) is 0 Å². The van der Waals surface area contributed by atoms with Crippen LogP contribution in [-0.4, -0.2) is 23.5 Å². The fraction of sp³-hybridized carbons (Fsp3) is 0.500. The first-order chi connectivity index (χ1) is 9.55. The lowest BCUT2D eigenvalue weighted by molar-refractivity contribution is 0.374. The predicted molar refractivity (Wildman–Crippen MR) is 72.5 cm³/mol. The van der Waals surface area contributed by atoms with E-state index in [0.29, 0.717) is 18.0 Å². The molecule has 8 heteroatoms. The molecule has 110 valence electrons. The number of rotatable bonds is 7. The van der Waals surface area contributed by atoms with Gasteiger partial charge in [-0.25, -0.2) is 18.1 Å². The second-order valence-electron chi connectivity index (χ2n) is 4.41. The number of aromatic amines is 1. The molecule has 2 N–H and O–H groups in total. The van der Waals surface area contributed by atoms with Gasteiger partial charge in [-0.2, -0.15) is 0 Å². The average molecular weight is 298 g/mol. The lowest BCUT2D eigenvalue weighted by Gasteiger charge is -2.01. The first-order valence-corrected chi connectivity index (χ1v) is 8.01. The van der Waals surface area contributed by atoms with E-state index in [-0.39, 0.29) is 11.6 Å². The summed E-state index contributed by atoms with van der Waals surface area (Å²) >= 11 is 0. The Hall–Kier alpha value is -1.67. The quantitative estimate of drug-likeness (QED) is 0.804. The number of hydrogen-bond acceptors (Lipinski definition) is 5. The molecular formula is C12H18N4O3S. The second-order valence-corrected chi connectivity index (χ2v) is 6.14. The molecule has 0 atom stereocenters. The van der Waals surface area contributed by atoms with Gasteiger partial charge in [0.05, 0.1) is 18.4 Å². The summed E-state index contributed by atoms with van der Waals surface area (Å²) in [6, 6.07) is 1.76. The molecule has 20 heavy (non-hydrogen) atoms. The van der Waals surface area contributed by atoms with Crippen LogP contribution in [0, 0.1) is 0 Å². The van der Waals surface area contributed by atoms with Gasteiger partial charge in [0.2, 0.25) is 0 Å². The van der Waals surface area contributed by atoms with Gasteiger partial charge >= 0.3 is 0 Å². The highest BCUT2D eigenvalue weighted by molar-refractivity contribution is 7.89. The van der Waals surface area contributed by atoms with Crippen LogP contribution >= 0.6 is 0 Å². The molecule has 0 aliphatic rings. The molecule has 0 saturated heterocycles. The van der Waals surface area contributed by atoms with Crippen molar-refractivity contribution in [3.05, 3.63) is 29.5 Å². The number of nitrogens with zero attached hydrogens (tertiary/aromatic N) is 2. The largest absolute Gasteiger partial charge is 0.360 e. The SMILES string of the molecule is CCCc1cc(CNS(=O)(=O)c2cnc(CC)[nH]2)on1. The van der Waals surface area contributed by atoms with Crippen molar-refractivity contribution in [2.24, 2.45) is 0 Å². The number of aryl methyl sites for hydroxylation is 2. The van der Waals surface area contributed by atoms with Crippen molar-refractivity contribution in [2.75, 3.05) is 0 Å². The summed E-state index contributed by atoms with van der Waals surface area (Å²) in [5.41, 5.74) is 0.830. The van der Waals surface area contributed by atoms with E-state index in [1.807, 2.05) is 13.8 Å². The van der Waals surface area contributed by atoms with Crippen molar-refractivity contribution >= 4 is 10.0 Å². The van der Waals surface area contributed by atoms with Crippen LogP contribution in [0.1, 0.15) is 37.5 Å². The third-order valence-corrected chi connectivity index (χ3v) is 4.09. The summed E-state index contributed by atoms with van der Waals surface area (Å²) in [4.78, 5) is 6.73. The smallest absolute Gasteiger partial charge is 0.258 e. The Bertz CT molecular complexity index is 660. The zero-order chi connectivity index (χ0) is 14.6. The number of hydrogen-bond donors (Lipinski definition) is 2. The van der Waals surface area contributed by atoms with Crippen molar-refractivity contribution in [1.29, 1.82) is 0 Å². The van der Waals surface area contributed by atoms with E-state index in [1.165, 1.54) is 6.20 Å². The molecule has 7 nitrogen and oxygen atoms in total. The van der Waals surface area contributed by atoms with Gasteiger partial charge in [0.15, 0.2) is 10.8 Å². The summed E-state index contributed by atoms with van der Waals surface area (Å²) in [5.74, 6) is 1.13. The molecule has 0 aromatic carbocycles. The topological polar surface area (TPSA) is 101 Å². The molecular weight excluding hydrogens is 280 g/mol. The van der Waals surface area contributed by atoms with Crippen LogP contribution in [0.15, 0.2) is 21.8 Å². The van der Waals surface area contributed by atoms with Crippen molar-refractivity contribution < 1.29 is 12.9 Å².